The molecule has 0 aromatic carbocycles. The van der Waals surface area contributed by atoms with Crippen LogP contribution in [0, 0.1) is 5.41 Å². The maximum Gasteiger partial charge on any atom is 0.312 e. The van der Waals surface area contributed by atoms with Crippen molar-refractivity contribution < 1.29 is 14.6 Å². The van der Waals surface area contributed by atoms with Gasteiger partial charge in [-0.3, -0.25) is 9.78 Å². The van der Waals surface area contributed by atoms with Crippen molar-refractivity contribution in [1.29, 1.82) is 0 Å². The van der Waals surface area contributed by atoms with Gasteiger partial charge in [0.05, 0.1) is 11.6 Å². The van der Waals surface area contributed by atoms with Crippen LogP contribution in [0.3, 0.4) is 0 Å². The molecule has 76 valence electrons. The van der Waals surface area contributed by atoms with Crippen LogP contribution in [0.4, 0.5) is 0 Å². The third-order valence-electron chi connectivity index (χ3n) is 1.81. The molecule has 0 aliphatic rings. The predicted octanol–water partition coefficient (Wildman–Crippen LogP) is 1.57. The van der Waals surface area contributed by atoms with Gasteiger partial charge in [-0.2, -0.15) is 0 Å². The van der Waals surface area contributed by atoms with E-state index in [0.717, 1.165) is 0 Å². The van der Waals surface area contributed by atoms with Crippen molar-refractivity contribution >= 4 is 5.97 Å². The molecular weight excluding hydrogens is 182 g/mol. The Kier molecular flexibility index (Phi) is 3.06. The van der Waals surface area contributed by atoms with E-state index in [1.165, 1.54) is 0 Å². The number of hydrogen-bond acceptors (Lipinski definition) is 3. The Balaban J connectivity index is 2.53. The van der Waals surface area contributed by atoms with E-state index in [1.54, 1.807) is 38.4 Å². The second-order valence-corrected chi connectivity index (χ2v) is 3.67. The van der Waals surface area contributed by atoms with Crippen molar-refractivity contribution in [3.05, 3.63) is 24.5 Å². The highest BCUT2D eigenvalue weighted by Crippen LogP contribution is 2.17. The lowest BCUT2D eigenvalue weighted by Gasteiger charge is -2.19. The standard InChI is InChI=1S/C10H13NO3/c1-10(2,9(12)13)7-14-8-4-3-5-11-6-8/h3-6H,7H2,1-2H3,(H,12,13). The summed E-state index contributed by atoms with van der Waals surface area (Å²) in [6.45, 7) is 3.37. The number of hydrogen-bond donors (Lipinski definition) is 1. The molecule has 0 saturated carbocycles. The molecule has 14 heavy (non-hydrogen) atoms. The molecule has 0 amide bonds. The molecule has 1 aromatic heterocycles. The summed E-state index contributed by atoms with van der Waals surface area (Å²) in [4.78, 5) is 14.6. The summed E-state index contributed by atoms with van der Waals surface area (Å²) < 4.78 is 5.29. The Morgan fingerprint density at radius 2 is 2.36 bits per heavy atom. The van der Waals surface area contributed by atoms with E-state index >= 15 is 0 Å². The zero-order valence-electron chi connectivity index (χ0n) is 8.23. The molecule has 0 spiro atoms. The molecule has 1 aromatic rings. The first-order valence-corrected chi connectivity index (χ1v) is 4.28. The molecule has 0 bridgehead atoms. The molecule has 0 saturated heterocycles. The maximum absolute atomic E-state index is 10.7. The minimum absolute atomic E-state index is 0.133. The minimum atomic E-state index is -0.879. The van der Waals surface area contributed by atoms with Gasteiger partial charge < -0.3 is 9.84 Å². The van der Waals surface area contributed by atoms with E-state index in [2.05, 4.69) is 4.98 Å². The van der Waals surface area contributed by atoms with E-state index in [-0.39, 0.29) is 6.61 Å². The largest absolute Gasteiger partial charge is 0.491 e. The molecule has 0 atom stereocenters. The fraction of sp³-hybridized carbons (Fsp3) is 0.400. The topological polar surface area (TPSA) is 59.4 Å². The maximum atomic E-state index is 10.7. The van der Waals surface area contributed by atoms with Gasteiger partial charge >= 0.3 is 5.97 Å². The number of ether oxygens (including phenoxy) is 1. The Morgan fingerprint density at radius 3 is 2.86 bits per heavy atom. The van der Waals surface area contributed by atoms with Gasteiger partial charge in [-0.05, 0) is 26.0 Å². The summed E-state index contributed by atoms with van der Waals surface area (Å²) in [6.07, 6.45) is 3.19. The number of pyridine rings is 1. The summed E-state index contributed by atoms with van der Waals surface area (Å²) in [5.41, 5.74) is -0.879. The summed E-state index contributed by atoms with van der Waals surface area (Å²) in [7, 11) is 0. The van der Waals surface area contributed by atoms with Crippen LogP contribution in [0.15, 0.2) is 24.5 Å². The molecular formula is C10H13NO3. The second kappa shape index (κ2) is 4.09. The highest BCUT2D eigenvalue weighted by molar-refractivity contribution is 5.73. The monoisotopic (exact) mass is 195 g/mol. The van der Waals surface area contributed by atoms with Crippen molar-refractivity contribution in [1.82, 2.24) is 4.98 Å². The zero-order valence-corrected chi connectivity index (χ0v) is 8.23. The molecule has 1 rings (SSSR count). The minimum Gasteiger partial charge on any atom is -0.491 e. The fourth-order valence-corrected chi connectivity index (χ4v) is 0.758. The molecule has 0 radical (unpaired) electrons. The average Bonchev–Trinajstić information content (AvgIpc) is 2.16. The molecule has 4 nitrogen and oxygen atoms in total. The number of nitrogens with zero attached hydrogens (tertiary/aromatic N) is 1. The Bertz CT molecular complexity index is 308. The van der Waals surface area contributed by atoms with Gasteiger partial charge in [0.2, 0.25) is 0 Å². The highest BCUT2D eigenvalue weighted by Gasteiger charge is 2.28. The molecule has 0 aliphatic heterocycles. The van der Waals surface area contributed by atoms with Crippen LogP contribution in [0.5, 0.6) is 5.75 Å². The average molecular weight is 195 g/mol. The molecule has 0 fully saturated rings. The number of aliphatic carboxylic acids is 1. The summed E-state index contributed by atoms with van der Waals surface area (Å²) in [5, 5.41) is 8.82. The third kappa shape index (κ3) is 2.73. The Hall–Kier alpha value is -1.58. The van der Waals surface area contributed by atoms with Gasteiger partial charge in [0.15, 0.2) is 0 Å². The molecule has 1 N–H and O–H groups in total. The molecule has 4 heteroatoms. The summed E-state index contributed by atoms with van der Waals surface area (Å²) in [5.74, 6) is -0.289. The first-order valence-electron chi connectivity index (χ1n) is 4.28. The van der Waals surface area contributed by atoms with Crippen LogP contribution < -0.4 is 4.74 Å². The normalized spacial score (nSPS) is 11.0. The quantitative estimate of drug-likeness (QED) is 0.792. The number of aromatic nitrogens is 1. The number of carboxylic acids is 1. The lowest BCUT2D eigenvalue weighted by atomic mass is 9.95. The number of carboxylic acid groups (broad SMARTS) is 1. The number of rotatable bonds is 4. The number of carbonyl (C=O) groups is 1. The summed E-state index contributed by atoms with van der Waals surface area (Å²) >= 11 is 0. The van der Waals surface area contributed by atoms with E-state index in [0.29, 0.717) is 5.75 Å². The predicted molar refractivity (Wildman–Crippen MR) is 51.1 cm³/mol. The van der Waals surface area contributed by atoms with Gasteiger partial charge in [0.1, 0.15) is 12.4 Å². The third-order valence-corrected chi connectivity index (χ3v) is 1.81. The van der Waals surface area contributed by atoms with Gasteiger partial charge in [0.25, 0.3) is 0 Å². The summed E-state index contributed by atoms with van der Waals surface area (Å²) in [6, 6.07) is 3.48. The first kappa shape index (κ1) is 10.5. The fourth-order valence-electron chi connectivity index (χ4n) is 0.758. The smallest absolute Gasteiger partial charge is 0.312 e. The van der Waals surface area contributed by atoms with Crippen LogP contribution in [0.2, 0.25) is 0 Å². The van der Waals surface area contributed by atoms with Gasteiger partial charge in [-0.1, -0.05) is 0 Å². The molecule has 0 aliphatic carbocycles. The Labute approximate surface area is 82.5 Å². The molecule has 0 unspecified atom stereocenters. The van der Waals surface area contributed by atoms with E-state index in [1.807, 2.05) is 0 Å². The van der Waals surface area contributed by atoms with E-state index < -0.39 is 11.4 Å². The van der Waals surface area contributed by atoms with Crippen molar-refractivity contribution in [3.8, 4) is 5.75 Å². The first-order chi connectivity index (χ1) is 6.52. The van der Waals surface area contributed by atoms with Gasteiger partial charge in [-0.25, -0.2) is 0 Å². The molecule has 1 heterocycles. The van der Waals surface area contributed by atoms with Crippen LogP contribution in [0.1, 0.15) is 13.8 Å². The Morgan fingerprint density at radius 1 is 1.64 bits per heavy atom. The van der Waals surface area contributed by atoms with E-state index in [9.17, 15) is 4.79 Å². The van der Waals surface area contributed by atoms with Crippen molar-refractivity contribution in [2.24, 2.45) is 5.41 Å². The SMILES string of the molecule is CC(C)(COc1cccnc1)C(=O)O. The van der Waals surface area contributed by atoms with Crippen molar-refractivity contribution in [2.45, 2.75) is 13.8 Å². The van der Waals surface area contributed by atoms with Crippen LogP contribution in [0.25, 0.3) is 0 Å². The lowest BCUT2D eigenvalue weighted by Crippen LogP contribution is -2.30. The second-order valence-electron chi connectivity index (χ2n) is 3.67. The van der Waals surface area contributed by atoms with Crippen LogP contribution in [-0.4, -0.2) is 22.7 Å². The highest BCUT2D eigenvalue weighted by atomic mass is 16.5. The lowest BCUT2D eigenvalue weighted by molar-refractivity contribution is -0.148. The van der Waals surface area contributed by atoms with Gasteiger partial charge in [-0.15, -0.1) is 0 Å². The van der Waals surface area contributed by atoms with Crippen molar-refractivity contribution in [3.63, 3.8) is 0 Å². The van der Waals surface area contributed by atoms with Crippen molar-refractivity contribution in [2.75, 3.05) is 6.61 Å². The van der Waals surface area contributed by atoms with E-state index in [4.69, 9.17) is 9.84 Å². The van der Waals surface area contributed by atoms with Crippen LogP contribution in [-0.2, 0) is 4.79 Å². The van der Waals surface area contributed by atoms with Gasteiger partial charge in [0, 0.05) is 6.20 Å². The van der Waals surface area contributed by atoms with Crippen LogP contribution >= 0.6 is 0 Å². The zero-order chi connectivity index (χ0) is 10.6.